The number of halogens is 1. The molecule has 1 aliphatic heterocycles. The third-order valence-electron chi connectivity index (χ3n) is 4.69. The highest BCUT2D eigenvalue weighted by Crippen LogP contribution is 2.30. The molecule has 0 saturated heterocycles. The molecule has 2 N–H and O–H groups in total. The van der Waals surface area contributed by atoms with Gasteiger partial charge in [0.05, 0.1) is 6.04 Å². The molecule has 1 aliphatic rings. The number of allylic oxidation sites excluding steroid dienone is 1. The van der Waals surface area contributed by atoms with E-state index < -0.39 is 12.1 Å². The lowest BCUT2D eigenvalue weighted by molar-refractivity contribution is -0.116. The number of hydrogen-bond donors (Lipinski definition) is 2. The van der Waals surface area contributed by atoms with Crippen molar-refractivity contribution in [1.82, 2.24) is 10.2 Å². The van der Waals surface area contributed by atoms with Gasteiger partial charge in [-0.2, -0.15) is 0 Å². The topological polar surface area (TPSA) is 78.5 Å². The monoisotopic (exact) mass is 381 g/mol. The number of anilines is 1. The van der Waals surface area contributed by atoms with Crippen LogP contribution in [0, 0.1) is 12.7 Å². The van der Waals surface area contributed by atoms with Crippen LogP contribution in [0.25, 0.3) is 0 Å². The van der Waals surface area contributed by atoms with Crippen LogP contribution in [0.5, 0.6) is 0 Å². The van der Waals surface area contributed by atoms with Gasteiger partial charge in [0.25, 0.3) is 5.91 Å². The molecule has 3 amide bonds. The molecule has 0 fully saturated rings. The van der Waals surface area contributed by atoms with Gasteiger partial charge in [0.1, 0.15) is 5.82 Å². The summed E-state index contributed by atoms with van der Waals surface area (Å²) in [4.78, 5) is 38.2. The second kappa shape index (κ2) is 8.04. The smallest absolute Gasteiger partial charge is 0.326 e. The van der Waals surface area contributed by atoms with Crippen LogP contribution >= 0.6 is 0 Å². The van der Waals surface area contributed by atoms with E-state index in [2.05, 4.69) is 10.6 Å². The van der Waals surface area contributed by atoms with Crippen LogP contribution < -0.4 is 10.6 Å². The molecule has 2 aromatic carbocycles. The summed E-state index contributed by atoms with van der Waals surface area (Å²) in [5, 5.41) is 5.36. The first kappa shape index (κ1) is 19.3. The maximum absolute atomic E-state index is 13.2. The predicted molar refractivity (Wildman–Crippen MR) is 103 cm³/mol. The van der Waals surface area contributed by atoms with Crippen LogP contribution in [0.1, 0.15) is 33.9 Å². The molecule has 144 valence electrons. The second-order valence-electron chi connectivity index (χ2n) is 6.45. The largest absolute Gasteiger partial charge is 0.355 e. The summed E-state index contributed by atoms with van der Waals surface area (Å²) < 4.78 is 13.2. The normalized spacial score (nSPS) is 16.0. The Kier molecular flexibility index (Phi) is 5.54. The van der Waals surface area contributed by atoms with Gasteiger partial charge in [0, 0.05) is 30.9 Å². The van der Waals surface area contributed by atoms with Crippen molar-refractivity contribution in [3.8, 4) is 0 Å². The molecular formula is C21H20FN3O3. The molecule has 3 rings (SSSR count). The molecule has 1 heterocycles. The van der Waals surface area contributed by atoms with E-state index in [0.717, 1.165) is 0 Å². The van der Waals surface area contributed by atoms with E-state index in [9.17, 15) is 18.8 Å². The highest BCUT2D eigenvalue weighted by atomic mass is 19.1. The zero-order chi connectivity index (χ0) is 20.3. The minimum Gasteiger partial charge on any atom is -0.355 e. The lowest BCUT2D eigenvalue weighted by Gasteiger charge is -2.31. The summed E-state index contributed by atoms with van der Waals surface area (Å²) in [7, 11) is 1.54. The van der Waals surface area contributed by atoms with Gasteiger partial charge in [-0.05, 0) is 48.4 Å². The number of nitrogens with one attached hydrogen (secondary N) is 2. The van der Waals surface area contributed by atoms with Gasteiger partial charge < -0.3 is 10.6 Å². The van der Waals surface area contributed by atoms with Gasteiger partial charge in [-0.15, -0.1) is 0 Å². The Morgan fingerprint density at radius 2 is 1.86 bits per heavy atom. The Morgan fingerprint density at radius 1 is 1.14 bits per heavy atom. The summed E-state index contributed by atoms with van der Waals surface area (Å²) >= 11 is 0. The lowest BCUT2D eigenvalue weighted by atomic mass is 9.97. The average Bonchev–Trinajstić information content (AvgIpc) is 2.69. The molecule has 0 aliphatic carbocycles. The number of carbonyl (C=O) groups excluding carboxylic acids is 3. The van der Waals surface area contributed by atoms with Crippen molar-refractivity contribution >= 4 is 23.4 Å². The quantitative estimate of drug-likeness (QED) is 0.853. The van der Waals surface area contributed by atoms with Gasteiger partial charge in [0.15, 0.2) is 5.78 Å². The highest BCUT2D eigenvalue weighted by molar-refractivity contribution is 6.00. The fourth-order valence-corrected chi connectivity index (χ4v) is 3.13. The number of hydrogen-bond acceptors (Lipinski definition) is 3. The first-order valence-corrected chi connectivity index (χ1v) is 8.78. The number of amides is 3. The first-order valence-electron chi connectivity index (χ1n) is 8.78. The van der Waals surface area contributed by atoms with Crippen LogP contribution in [0.4, 0.5) is 14.9 Å². The molecule has 2 aromatic rings. The molecule has 6 nitrogen and oxygen atoms in total. The van der Waals surface area contributed by atoms with Crippen molar-refractivity contribution in [2.45, 2.75) is 19.4 Å². The number of carbonyl (C=O) groups is 3. The molecule has 0 saturated carbocycles. The molecule has 0 radical (unpaired) electrons. The average molecular weight is 381 g/mol. The molecule has 0 unspecified atom stereocenters. The van der Waals surface area contributed by atoms with Crippen molar-refractivity contribution in [3.63, 3.8) is 0 Å². The van der Waals surface area contributed by atoms with Crippen LogP contribution in [0.3, 0.4) is 0 Å². The fraction of sp³-hybridized carbons (Fsp3) is 0.190. The number of benzene rings is 2. The maximum Gasteiger partial charge on any atom is 0.326 e. The van der Waals surface area contributed by atoms with Crippen LogP contribution in [-0.2, 0) is 4.79 Å². The van der Waals surface area contributed by atoms with E-state index in [1.54, 1.807) is 37.3 Å². The van der Waals surface area contributed by atoms with Gasteiger partial charge in [0.2, 0.25) is 0 Å². The van der Waals surface area contributed by atoms with Gasteiger partial charge in [-0.3, -0.25) is 14.5 Å². The Balaban J connectivity index is 1.88. The van der Waals surface area contributed by atoms with E-state index >= 15 is 0 Å². The third kappa shape index (κ3) is 3.93. The minimum absolute atomic E-state index is 0.104. The van der Waals surface area contributed by atoms with E-state index in [1.807, 2.05) is 0 Å². The van der Waals surface area contributed by atoms with Gasteiger partial charge >= 0.3 is 6.03 Å². The van der Waals surface area contributed by atoms with E-state index in [-0.39, 0.29) is 23.9 Å². The molecule has 0 spiro atoms. The Morgan fingerprint density at radius 3 is 2.54 bits per heavy atom. The molecule has 7 heteroatoms. The van der Waals surface area contributed by atoms with Gasteiger partial charge in [-0.25, -0.2) is 9.18 Å². The predicted octanol–water partition coefficient (Wildman–Crippen LogP) is 3.56. The van der Waals surface area contributed by atoms with E-state index in [4.69, 9.17) is 0 Å². The number of ketones is 1. The molecule has 0 bridgehead atoms. The maximum atomic E-state index is 13.2. The van der Waals surface area contributed by atoms with Crippen molar-refractivity contribution in [2.75, 3.05) is 12.4 Å². The Labute approximate surface area is 162 Å². The van der Waals surface area contributed by atoms with E-state index in [1.165, 1.54) is 36.4 Å². The number of nitrogens with zero attached hydrogens (tertiary/aromatic N) is 1. The highest BCUT2D eigenvalue weighted by Gasteiger charge is 2.29. The molecule has 0 aromatic heterocycles. The minimum atomic E-state index is -0.541. The summed E-state index contributed by atoms with van der Waals surface area (Å²) in [6.07, 6.45) is 2.87. The van der Waals surface area contributed by atoms with Crippen molar-refractivity contribution < 1.29 is 18.8 Å². The van der Waals surface area contributed by atoms with Gasteiger partial charge in [-0.1, -0.05) is 18.2 Å². The molecule has 1 atom stereocenters. The molecule has 28 heavy (non-hydrogen) atoms. The standard InChI is InChI=1S/C21H20FN3O3/c1-13-17(20(27)23-2)4-3-5-18(13)24-21(28)25-11-10-16(26)12-19(25)14-6-8-15(22)9-7-14/h3-11,19H,12H2,1-2H3,(H,23,27)(H,24,28)/t19-/m0/s1. The third-order valence-corrected chi connectivity index (χ3v) is 4.69. The summed E-state index contributed by atoms with van der Waals surface area (Å²) in [6.45, 7) is 1.74. The second-order valence-corrected chi connectivity index (χ2v) is 6.45. The summed E-state index contributed by atoms with van der Waals surface area (Å²) in [5.41, 5.74) is 2.24. The zero-order valence-electron chi connectivity index (χ0n) is 15.5. The van der Waals surface area contributed by atoms with Crippen molar-refractivity contribution in [1.29, 1.82) is 0 Å². The SMILES string of the molecule is CNC(=O)c1cccc(NC(=O)N2C=CC(=O)C[C@H]2c2ccc(F)cc2)c1C. The Bertz CT molecular complexity index is 954. The zero-order valence-corrected chi connectivity index (χ0v) is 15.5. The lowest BCUT2D eigenvalue weighted by Crippen LogP contribution is -2.37. The van der Waals surface area contributed by atoms with Crippen LogP contribution in [-0.4, -0.2) is 29.7 Å². The fourth-order valence-electron chi connectivity index (χ4n) is 3.13. The number of rotatable bonds is 3. The summed E-state index contributed by atoms with van der Waals surface area (Å²) in [6, 6.07) is 9.77. The summed E-state index contributed by atoms with van der Waals surface area (Å²) in [5.74, 6) is -0.753. The van der Waals surface area contributed by atoms with Crippen LogP contribution in [0.2, 0.25) is 0 Å². The Hall–Kier alpha value is -3.48. The van der Waals surface area contributed by atoms with Crippen molar-refractivity contribution in [2.24, 2.45) is 0 Å². The van der Waals surface area contributed by atoms with E-state index in [0.29, 0.717) is 22.4 Å². The first-order chi connectivity index (χ1) is 13.4. The van der Waals surface area contributed by atoms with Crippen molar-refractivity contribution in [3.05, 3.63) is 77.2 Å². The van der Waals surface area contributed by atoms with Crippen LogP contribution in [0.15, 0.2) is 54.7 Å². The number of urea groups is 1. The molecular weight excluding hydrogens is 361 g/mol.